The van der Waals surface area contributed by atoms with E-state index in [1.54, 1.807) is 6.92 Å². The minimum atomic E-state index is -0.454. The Kier molecular flexibility index (Phi) is 4.15. The van der Waals surface area contributed by atoms with Crippen LogP contribution in [0.3, 0.4) is 0 Å². The fourth-order valence-corrected chi connectivity index (χ4v) is 6.88. The highest BCUT2D eigenvalue weighted by atomic mass is 16.5. The first-order chi connectivity index (χ1) is 11.4. The largest absolute Gasteiger partial charge is 0.365 e. The van der Waals surface area contributed by atoms with E-state index in [9.17, 15) is 9.59 Å². The number of ketones is 2. The van der Waals surface area contributed by atoms with Crippen molar-refractivity contribution >= 4 is 11.6 Å². The van der Waals surface area contributed by atoms with Crippen molar-refractivity contribution in [3.8, 4) is 0 Å². The first kappa shape index (κ1) is 18.8. The van der Waals surface area contributed by atoms with Gasteiger partial charge in [-0.2, -0.15) is 0 Å². The van der Waals surface area contributed by atoms with Crippen LogP contribution in [0, 0.1) is 28.6 Å². The molecule has 0 bridgehead atoms. The molecule has 3 nitrogen and oxygen atoms in total. The number of rotatable bonds is 2. The van der Waals surface area contributed by atoms with Crippen molar-refractivity contribution in [2.75, 3.05) is 0 Å². The molecule has 0 radical (unpaired) electrons. The van der Waals surface area contributed by atoms with Gasteiger partial charge < -0.3 is 4.74 Å². The second kappa shape index (κ2) is 5.52. The van der Waals surface area contributed by atoms with E-state index in [0.29, 0.717) is 24.5 Å². The Balaban J connectivity index is 2.11. The first-order valence-corrected chi connectivity index (χ1v) is 9.77. The van der Waals surface area contributed by atoms with Crippen LogP contribution in [0.2, 0.25) is 0 Å². The van der Waals surface area contributed by atoms with E-state index in [1.807, 2.05) is 6.08 Å². The van der Waals surface area contributed by atoms with Gasteiger partial charge in [0.2, 0.25) is 0 Å². The summed E-state index contributed by atoms with van der Waals surface area (Å²) in [4.78, 5) is 25.3. The molecule has 0 aromatic heterocycles. The third kappa shape index (κ3) is 2.57. The SMILES string of the molecule is C=C[C@@]1(C)C[C@H](C(C)=O)C2[C@]3(C)CCC(=O)C(C)(C)C3CC[C@]2(C)O1. The molecule has 2 saturated carbocycles. The lowest BCUT2D eigenvalue weighted by molar-refractivity contribution is -0.265. The summed E-state index contributed by atoms with van der Waals surface area (Å²) >= 11 is 0. The van der Waals surface area contributed by atoms with Gasteiger partial charge in [0.15, 0.2) is 0 Å². The highest BCUT2D eigenvalue weighted by molar-refractivity contribution is 5.86. The molecular formula is C22H34O3. The van der Waals surface area contributed by atoms with Crippen LogP contribution < -0.4 is 0 Å². The molecule has 0 amide bonds. The molecule has 0 spiro atoms. The monoisotopic (exact) mass is 346 g/mol. The Morgan fingerprint density at radius 1 is 1.20 bits per heavy atom. The number of carbonyl (C=O) groups excluding carboxylic acids is 2. The molecule has 0 N–H and O–H groups in total. The van der Waals surface area contributed by atoms with Gasteiger partial charge in [0.1, 0.15) is 11.6 Å². The van der Waals surface area contributed by atoms with Crippen molar-refractivity contribution < 1.29 is 14.3 Å². The number of Topliss-reactive ketones (excluding diaryl/α,β-unsaturated/α-hetero) is 2. The smallest absolute Gasteiger partial charge is 0.138 e. The maximum atomic E-state index is 12.7. The normalized spacial score (nSPS) is 49.0. The summed E-state index contributed by atoms with van der Waals surface area (Å²) in [6.07, 6.45) is 5.95. The van der Waals surface area contributed by atoms with Crippen molar-refractivity contribution in [1.29, 1.82) is 0 Å². The highest BCUT2D eigenvalue weighted by Gasteiger charge is 2.66. The van der Waals surface area contributed by atoms with E-state index in [0.717, 1.165) is 19.3 Å². The van der Waals surface area contributed by atoms with E-state index in [2.05, 4.69) is 41.2 Å². The fraction of sp³-hybridized carbons (Fsp3) is 0.818. The molecule has 2 aliphatic carbocycles. The molecule has 6 atom stereocenters. The van der Waals surface area contributed by atoms with Gasteiger partial charge in [-0.05, 0) is 57.8 Å². The Morgan fingerprint density at radius 3 is 2.40 bits per heavy atom. The Hall–Kier alpha value is -0.960. The average Bonchev–Trinajstić information content (AvgIpc) is 2.49. The van der Waals surface area contributed by atoms with Gasteiger partial charge in [-0.1, -0.05) is 26.8 Å². The summed E-state index contributed by atoms with van der Waals surface area (Å²) in [5, 5.41) is 0. The number of carbonyl (C=O) groups is 2. The Morgan fingerprint density at radius 2 is 1.84 bits per heavy atom. The van der Waals surface area contributed by atoms with Gasteiger partial charge in [-0.3, -0.25) is 9.59 Å². The van der Waals surface area contributed by atoms with Crippen LogP contribution >= 0.6 is 0 Å². The molecule has 0 aromatic rings. The van der Waals surface area contributed by atoms with Crippen molar-refractivity contribution in [1.82, 2.24) is 0 Å². The predicted molar refractivity (Wildman–Crippen MR) is 99.2 cm³/mol. The minimum Gasteiger partial charge on any atom is -0.365 e. The zero-order chi connectivity index (χ0) is 18.8. The van der Waals surface area contributed by atoms with Gasteiger partial charge in [-0.25, -0.2) is 0 Å². The highest BCUT2D eigenvalue weighted by Crippen LogP contribution is 2.66. The molecule has 3 rings (SSSR count). The second-order valence-corrected chi connectivity index (χ2v) is 10.1. The molecule has 1 heterocycles. The summed E-state index contributed by atoms with van der Waals surface area (Å²) in [5.74, 6) is 1.09. The van der Waals surface area contributed by atoms with Crippen LogP contribution in [0.1, 0.15) is 73.6 Å². The third-order valence-electron chi connectivity index (χ3n) is 8.02. The van der Waals surface area contributed by atoms with Gasteiger partial charge in [0.25, 0.3) is 0 Å². The fourth-order valence-electron chi connectivity index (χ4n) is 6.88. The van der Waals surface area contributed by atoms with E-state index in [4.69, 9.17) is 4.74 Å². The lowest BCUT2D eigenvalue weighted by Crippen LogP contribution is -2.67. The van der Waals surface area contributed by atoms with Gasteiger partial charge >= 0.3 is 0 Å². The Labute approximate surface area is 152 Å². The van der Waals surface area contributed by atoms with Crippen molar-refractivity contribution in [2.45, 2.75) is 84.8 Å². The topological polar surface area (TPSA) is 43.4 Å². The second-order valence-electron chi connectivity index (χ2n) is 10.1. The van der Waals surface area contributed by atoms with Crippen LogP contribution in [0.15, 0.2) is 12.7 Å². The van der Waals surface area contributed by atoms with E-state index < -0.39 is 5.60 Å². The van der Waals surface area contributed by atoms with Crippen molar-refractivity contribution in [3.63, 3.8) is 0 Å². The molecule has 0 aromatic carbocycles. The molecule has 2 unspecified atom stereocenters. The van der Waals surface area contributed by atoms with E-state index in [1.165, 1.54) is 0 Å². The molecule has 140 valence electrons. The van der Waals surface area contributed by atoms with Crippen LogP contribution in [0.25, 0.3) is 0 Å². The van der Waals surface area contributed by atoms with Gasteiger partial charge in [0, 0.05) is 23.7 Å². The van der Waals surface area contributed by atoms with Crippen LogP contribution in [0.5, 0.6) is 0 Å². The standard InChI is InChI=1S/C22H34O3/c1-8-20(5)13-15(14(2)23)18-21(6)11-10-17(24)19(3,4)16(21)9-12-22(18,7)25-20/h8,15-16,18H,1,9-13H2,2-7H3/t15-,16?,18?,20+,21-,22+/m1/s1. The van der Waals surface area contributed by atoms with Crippen LogP contribution in [-0.2, 0) is 14.3 Å². The molecule has 25 heavy (non-hydrogen) atoms. The van der Waals surface area contributed by atoms with Gasteiger partial charge in [0.05, 0.1) is 11.2 Å². The summed E-state index contributed by atoms with van der Waals surface area (Å²) in [6, 6.07) is 0. The number of fused-ring (bicyclic) bond motifs is 3. The molecular weight excluding hydrogens is 312 g/mol. The van der Waals surface area contributed by atoms with Crippen LogP contribution in [-0.4, -0.2) is 22.8 Å². The third-order valence-corrected chi connectivity index (χ3v) is 8.02. The van der Waals surface area contributed by atoms with Crippen molar-refractivity contribution in [3.05, 3.63) is 12.7 Å². The number of ether oxygens (including phenoxy) is 1. The average molecular weight is 347 g/mol. The zero-order valence-corrected chi connectivity index (χ0v) is 16.8. The van der Waals surface area contributed by atoms with Crippen LogP contribution in [0.4, 0.5) is 0 Å². The number of hydrogen-bond donors (Lipinski definition) is 0. The molecule has 3 aliphatic rings. The summed E-state index contributed by atoms with van der Waals surface area (Å²) in [5.41, 5.74) is -1.14. The molecule has 1 saturated heterocycles. The predicted octanol–water partition coefficient (Wildman–Crippen LogP) is 4.74. The van der Waals surface area contributed by atoms with E-state index in [-0.39, 0.29) is 34.1 Å². The summed E-state index contributed by atoms with van der Waals surface area (Å²) in [7, 11) is 0. The van der Waals surface area contributed by atoms with Gasteiger partial charge in [-0.15, -0.1) is 6.58 Å². The number of hydrogen-bond acceptors (Lipinski definition) is 3. The van der Waals surface area contributed by atoms with E-state index >= 15 is 0 Å². The molecule has 1 aliphatic heterocycles. The maximum Gasteiger partial charge on any atom is 0.138 e. The first-order valence-electron chi connectivity index (χ1n) is 9.77. The molecule has 3 heteroatoms. The Bertz CT molecular complexity index is 621. The van der Waals surface area contributed by atoms with Crippen molar-refractivity contribution in [2.24, 2.45) is 28.6 Å². The lowest BCUT2D eigenvalue weighted by Gasteiger charge is -2.66. The lowest BCUT2D eigenvalue weighted by atomic mass is 9.42. The maximum absolute atomic E-state index is 12.7. The molecule has 3 fully saturated rings. The summed E-state index contributed by atoms with van der Waals surface area (Å²) < 4.78 is 6.65. The summed E-state index contributed by atoms with van der Waals surface area (Å²) in [6.45, 7) is 16.5. The zero-order valence-electron chi connectivity index (χ0n) is 16.8. The quantitative estimate of drug-likeness (QED) is 0.679. The minimum absolute atomic E-state index is 0.0291.